The van der Waals surface area contributed by atoms with Crippen molar-refractivity contribution in [2.24, 2.45) is 0 Å². The zero-order chi connectivity index (χ0) is 17.8. The molecule has 0 radical (unpaired) electrons. The van der Waals surface area contributed by atoms with Crippen LogP contribution < -0.4 is 10.1 Å². The van der Waals surface area contributed by atoms with E-state index in [1.54, 1.807) is 29.2 Å². The van der Waals surface area contributed by atoms with Gasteiger partial charge in [-0.2, -0.15) is 0 Å². The Kier molecular flexibility index (Phi) is 5.28. The molecule has 132 valence electrons. The van der Waals surface area contributed by atoms with E-state index in [0.717, 1.165) is 0 Å². The van der Waals surface area contributed by atoms with Gasteiger partial charge in [0.25, 0.3) is 11.8 Å². The average Bonchev–Trinajstić information content (AvgIpc) is 3.16. The van der Waals surface area contributed by atoms with E-state index < -0.39 is 0 Å². The first-order valence-corrected chi connectivity index (χ1v) is 8.42. The fraction of sp³-hybridized carbons (Fsp3) is 0.333. The van der Waals surface area contributed by atoms with E-state index in [2.05, 4.69) is 5.32 Å². The highest BCUT2D eigenvalue weighted by Gasteiger charge is 2.26. The minimum Gasteiger partial charge on any atom is -0.496 e. The minimum absolute atomic E-state index is 0.00425. The fourth-order valence-electron chi connectivity index (χ4n) is 2.92. The lowest BCUT2D eigenvalue weighted by atomic mass is 10.0. The van der Waals surface area contributed by atoms with E-state index >= 15 is 0 Å². The molecule has 0 aliphatic carbocycles. The molecule has 6 nitrogen and oxygen atoms in total. The molecule has 2 amide bonds. The second-order valence-corrected chi connectivity index (χ2v) is 6.33. The molecule has 1 saturated heterocycles. The Morgan fingerprint density at radius 3 is 2.68 bits per heavy atom. The van der Waals surface area contributed by atoms with Crippen LogP contribution >= 0.6 is 11.6 Å². The van der Waals surface area contributed by atoms with Crippen molar-refractivity contribution in [2.45, 2.75) is 18.9 Å². The third-order valence-corrected chi connectivity index (χ3v) is 4.53. The minimum atomic E-state index is -0.223. The van der Waals surface area contributed by atoms with Crippen molar-refractivity contribution in [2.75, 3.05) is 20.2 Å². The first kappa shape index (κ1) is 17.4. The standard InChI is InChI=1S/C18H19ClN2O4/c1-24-16-3-2-13(19)10-15(16)17(22)20-14-4-7-21(8-5-14)18(23)12-6-9-25-11-12/h2-3,6,9-11,14H,4-5,7-8H2,1H3,(H,20,22). The van der Waals surface area contributed by atoms with E-state index in [4.69, 9.17) is 20.8 Å². The molecule has 1 fully saturated rings. The van der Waals surface area contributed by atoms with Crippen LogP contribution in [0.25, 0.3) is 0 Å². The number of rotatable bonds is 4. The van der Waals surface area contributed by atoms with Gasteiger partial charge in [-0.3, -0.25) is 9.59 Å². The molecule has 2 aromatic rings. The quantitative estimate of drug-likeness (QED) is 0.907. The number of hydrogen-bond donors (Lipinski definition) is 1. The molecule has 1 aliphatic heterocycles. The number of halogens is 1. The Morgan fingerprint density at radius 2 is 2.04 bits per heavy atom. The maximum absolute atomic E-state index is 12.5. The molecule has 0 saturated carbocycles. The highest BCUT2D eigenvalue weighted by Crippen LogP contribution is 2.23. The zero-order valence-electron chi connectivity index (χ0n) is 13.8. The molecular formula is C18H19ClN2O4. The zero-order valence-corrected chi connectivity index (χ0v) is 14.6. The molecule has 1 aromatic heterocycles. The monoisotopic (exact) mass is 362 g/mol. The molecule has 1 aromatic carbocycles. The molecule has 0 atom stereocenters. The highest BCUT2D eigenvalue weighted by atomic mass is 35.5. The van der Waals surface area contributed by atoms with Crippen molar-refractivity contribution in [3.8, 4) is 5.75 Å². The summed E-state index contributed by atoms with van der Waals surface area (Å²) >= 11 is 5.98. The number of hydrogen-bond acceptors (Lipinski definition) is 4. The van der Waals surface area contributed by atoms with Crippen LogP contribution in [0.1, 0.15) is 33.6 Å². The van der Waals surface area contributed by atoms with Crippen molar-refractivity contribution >= 4 is 23.4 Å². The molecular weight excluding hydrogens is 344 g/mol. The Morgan fingerprint density at radius 1 is 1.28 bits per heavy atom. The molecule has 25 heavy (non-hydrogen) atoms. The number of nitrogens with one attached hydrogen (secondary N) is 1. The van der Waals surface area contributed by atoms with E-state index in [9.17, 15) is 9.59 Å². The number of carbonyl (C=O) groups is 2. The second-order valence-electron chi connectivity index (χ2n) is 5.90. The van der Waals surface area contributed by atoms with Crippen LogP contribution in [-0.4, -0.2) is 43.0 Å². The number of amides is 2. The lowest BCUT2D eigenvalue weighted by Crippen LogP contribution is -2.46. The van der Waals surface area contributed by atoms with Gasteiger partial charge >= 0.3 is 0 Å². The summed E-state index contributed by atoms with van der Waals surface area (Å²) < 4.78 is 10.2. The SMILES string of the molecule is COc1ccc(Cl)cc1C(=O)NC1CCN(C(=O)c2ccoc2)CC1. The second kappa shape index (κ2) is 7.61. The maximum atomic E-state index is 12.5. The van der Waals surface area contributed by atoms with Gasteiger partial charge in [0.2, 0.25) is 0 Å². The van der Waals surface area contributed by atoms with Gasteiger partial charge in [-0.15, -0.1) is 0 Å². The third kappa shape index (κ3) is 3.96. The number of nitrogens with zero attached hydrogens (tertiary/aromatic N) is 1. The highest BCUT2D eigenvalue weighted by molar-refractivity contribution is 6.31. The maximum Gasteiger partial charge on any atom is 0.257 e. The summed E-state index contributed by atoms with van der Waals surface area (Å²) in [6.07, 6.45) is 4.32. The molecule has 1 N–H and O–H groups in total. The Bertz CT molecular complexity index is 752. The lowest BCUT2D eigenvalue weighted by molar-refractivity contribution is 0.0697. The normalized spacial score (nSPS) is 15.0. The molecule has 0 unspecified atom stereocenters. The van der Waals surface area contributed by atoms with E-state index in [-0.39, 0.29) is 17.9 Å². The molecule has 7 heteroatoms. The Balaban J connectivity index is 1.58. The van der Waals surface area contributed by atoms with E-state index in [1.165, 1.54) is 19.6 Å². The number of benzene rings is 1. The van der Waals surface area contributed by atoms with Crippen molar-refractivity contribution in [1.29, 1.82) is 0 Å². The van der Waals surface area contributed by atoms with Gasteiger partial charge in [0.1, 0.15) is 12.0 Å². The van der Waals surface area contributed by atoms with Gasteiger partial charge in [-0.05, 0) is 37.1 Å². The molecule has 2 heterocycles. The summed E-state index contributed by atoms with van der Waals surface area (Å²) in [7, 11) is 1.51. The number of carbonyl (C=O) groups excluding carboxylic acids is 2. The van der Waals surface area contributed by atoms with Crippen molar-refractivity contribution < 1.29 is 18.7 Å². The van der Waals surface area contributed by atoms with Gasteiger partial charge in [0, 0.05) is 24.2 Å². The van der Waals surface area contributed by atoms with Crippen LogP contribution in [0, 0.1) is 0 Å². The van der Waals surface area contributed by atoms with Gasteiger partial charge in [0.15, 0.2) is 0 Å². The Labute approximate surface area is 150 Å². The topological polar surface area (TPSA) is 71.8 Å². The smallest absolute Gasteiger partial charge is 0.257 e. The molecule has 1 aliphatic rings. The van der Waals surface area contributed by atoms with Crippen LogP contribution in [0.4, 0.5) is 0 Å². The van der Waals surface area contributed by atoms with E-state index in [0.29, 0.717) is 47.8 Å². The van der Waals surface area contributed by atoms with Crippen LogP contribution in [0.15, 0.2) is 41.2 Å². The fourth-order valence-corrected chi connectivity index (χ4v) is 3.09. The number of methoxy groups -OCH3 is 1. The molecule has 0 spiro atoms. The summed E-state index contributed by atoms with van der Waals surface area (Å²) in [6, 6.07) is 6.60. The van der Waals surface area contributed by atoms with Crippen LogP contribution in [0.2, 0.25) is 5.02 Å². The van der Waals surface area contributed by atoms with Gasteiger partial charge in [0.05, 0.1) is 24.5 Å². The van der Waals surface area contributed by atoms with Gasteiger partial charge in [-0.25, -0.2) is 0 Å². The third-order valence-electron chi connectivity index (χ3n) is 4.29. The van der Waals surface area contributed by atoms with Crippen LogP contribution in [-0.2, 0) is 0 Å². The van der Waals surface area contributed by atoms with Crippen molar-refractivity contribution in [1.82, 2.24) is 10.2 Å². The summed E-state index contributed by atoms with van der Waals surface area (Å²) in [5, 5.41) is 3.48. The predicted octanol–water partition coefficient (Wildman–Crippen LogP) is 2.98. The largest absolute Gasteiger partial charge is 0.496 e. The van der Waals surface area contributed by atoms with Crippen molar-refractivity contribution in [3.63, 3.8) is 0 Å². The first-order valence-electron chi connectivity index (χ1n) is 8.04. The van der Waals surface area contributed by atoms with Crippen molar-refractivity contribution in [3.05, 3.63) is 52.9 Å². The Hall–Kier alpha value is -2.47. The number of ether oxygens (including phenoxy) is 1. The molecule has 0 bridgehead atoms. The van der Waals surface area contributed by atoms with Crippen LogP contribution in [0.5, 0.6) is 5.75 Å². The number of likely N-dealkylation sites (tertiary alicyclic amines) is 1. The van der Waals surface area contributed by atoms with Gasteiger partial charge < -0.3 is 19.4 Å². The summed E-state index contributed by atoms with van der Waals surface area (Å²) in [5.41, 5.74) is 0.957. The predicted molar refractivity (Wildman–Crippen MR) is 93.1 cm³/mol. The van der Waals surface area contributed by atoms with Gasteiger partial charge in [-0.1, -0.05) is 11.6 Å². The van der Waals surface area contributed by atoms with E-state index in [1.807, 2.05) is 0 Å². The average molecular weight is 363 g/mol. The first-order chi connectivity index (χ1) is 12.1. The summed E-state index contributed by atoms with van der Waals surface area (Å²) in [5.74, 6) is 0.212. The van der Waals surface area contributed by atoms with Crippen LogP contribution in [0.3, 0.4) is 0 Å². The molecule has 3 rings (SSSR count). The summed E-state index contributed by atoms with van der Waals surface area (Å²) in [6.45, 7) is 1.17. The number of piperidine rings is 1. The number of furan rings is 1. The summed E-state index contributed by atoms with van der Waals surface area (Å²) in [4.78, 5) is 26.6. The lowest BCUT2D eigenvalue weighted by Gasteiger charge is -2.32.